The summed E-state index contributed by atoms with van der Waals surface area (Å²) in [5, 5.41) is 0. The lowest BCUT2D eigenvalue weighted by atomic mass is 9.65. The Hall–Kier alpha value is -1.68. The number of hydrogen-bond acceptors (Lipinski definition) is 2. The van der Waals surface area contributed by atoms with Gasteiger partial charge in [0, 0.05) is 24.9 Å². The largest absolute Gasteiger partial charge is 0.262 e. The number of anilines is 2. The van der Waals surface area contributed by atoms with E-state index in [1.807, 2.05) is 13.0 Å². The molecular formula is C18H19ClF2N2. The van der Waals surface area contributed by atoms with Crippen molar-refractivity contribution in [2.24, 2.45) is 0 Å². The number of nitrogens with zero attached hydrogens (tertiary/aromatic N) is 2. The topological polar surface area (TPSA) is 16.1 Å². The Labute approximate surface area is 140 Å². The van der Waals surface area contributed by atoms with Gasteiger partial charge in [-0.25, -0.2) is 8.78 Å². The molecule has 2 nitrogen and oxygen atoms in total. The molecule has 5 heteroatoms. The minimum atomic E-state index is -2.92. The fourth-order valence-corrected chi connectivity index (χ4v) is 3.87. The average Bonchev–Trinajstić information content (AvgIpc) is 2.54. The molecule has 0 radical (unpaired) electrons. The smallest absolute Gasteiger partial charge is 0.259 e. The van der Waals surface area contributed by atoms with Crippen molar-refractivity contribution >= 4 is 23.2 Å². The summed E-state index contributed by atoms with van der Waals surface area (Å²) in [5.41, 5.74) is 0.873. The van der Waals surface area contributed by atoms with Crippen molar-refractivity contribution in [1.82, 2.24) is 4.98 Å². The lowest BCUT2D eigenvalue weighted by molar-refractivity contribution is -0.0490. The van der Waals surface area contributed by atoms with E-state index in [4.69, 9.17) is 11.8 Å². The summed E-state index contributed by atoms with van der Waals surface area (Å²) >= 11 is 6.44. The molecule has 23 heavy (non-hydrogen) atoms. The number of fused-ring (bicyclic) bond motifs is 2. The number of hydrogen-bond donors (Lipinski definition) is 0. The van der Waals surface area contributed by atoms with Gasteiger partial charge in [0.2, 0.25) is 0 Å². The summed E-state index contributed by atoms with van der Waals surface area (Å²) in [6.07, 6.45) is 5.05. The van der Waals surface area contributed by atoms with Gasteiger partial charge in [0.15, 0.2) is 0 Å². The third-order valence-electron chi connectivity index (χ3n) is 4.70. The molecule has 0 fully saturated rings. The van der Waals surface area contributed by atoms with E-state index in [0.29, 0.717) is 35.3 Å². The molecule has 0 aliphatic carbocycles. The number of rotatable bonds is 4. The van der Waals surface area contributed by atoms with E-state index in [1.54, 1.807) is 36.7 Å². The van der Waals surface area contributed by atoms with E-state index in [2.05, 4.69) is 4.98 Å². The van der Waals surface area contributed by atoms with Crippen LogP contribution in [-0.4, -0.2) is 10.9 Å². The maximum absolute atomic E-state index is 15.0. The zero-order valence-electron chi connectivity index (χ0n) is 13.2. The van der Waals surface area contributed by atoms with Crippen molar-refractivity contribution in [3.8, 4) is 0 Å². The molecule has 0 saturated heterocycles. The second-order valence-corrected chi connectivity index (χ2v) is 6.43. The number of pyridine rings is 1. The fourth-order valence-electron chi connectivity index (χ4n) is 3.59. The predicted octanol–water partition coefficient (Wildman–Crippen LogP) is 5.82. The van der Waals surface area contributed by atoms with Crippen LogP contribution in [0.1, 0.15) is 44.2 Å². The molecule has 3 rings (SSSR count). The fraction of sp³-hybridized carbons (Fsp3) is 0.389. The van der Waals surface area contributed by atoms with Crippen LogP contribution in [0.4, 0.5) is 20.2 Å². The molecule has 1 aliphatic rings. The Morgan fingerprint density at radius 3 is 2.57 bits per heavy atom. The molecule has 1 unspecified atom stereocenters. The van der Waals surface area contributed by atoms with Gasteiger partial charge in [0.05, 0.1) is 23.0 Å². The monoisotopic (exact) mass is 336 g/mol. The molecular weight excluding hydrogens is 318 g/mol. The zero-order valence-corrected chi connectivity index (χ0v) is 13.9. The van der Waals surface area contributed by atoms with E-state index in [-0.39, 0.29) is 0 Å². The molecule has 0 amide bonds. The highest BCUT2D eigenvalue weighted by molar-refractivity contribution is 6.30. The number of aromatic nitrogens is 1. The van der Waals surface area contributed by atoms with Crippen LogP contribution in [0.15, 0.2) is 42.7 Å². The van der Waals surface area contributed by atoms with Gasteiger partial charge in [-0.3, -0.25) is 9.40 Å². The second-order valence-electron chi connectivity index (χ2n) is 6.09. The number of alkyl halides is 2. The summed E-state index contributed by atoms with van der Waals surface area (Å²) in [6.45, 7) is 3.02. The van der Waals surface area contributed by atoms with Gasteiger partial charge in [-0.2, -0.15) is 0 Å². The van der Waals surface area contributed by atoms with E-state index in [9.17, 15) is 8.78 Å². The van der Waals surface area contributed by atoms with Crippen molar-refractivity contribution < 1.29 is 8.78 Å². The van der Waals surface area contributed by atoms with Crippen LogP contribution in [0.3, 0.4) is 0 Å². The predicted molar refractivity (Wildman–Crippen MR) is 89.6 cm³/mol. The van der Waals surface area contributed by atoms with Crippen LogP contribution >= 0.6 is 11.8 Å². The Kier molecular flexibility index (Phi) is 4.05. The maximum atomic E-state index is 15.0. The van der Waals surface area contributed by atoms with Gasteiger partial charge >= 0.3 is 0 Å². The molecule has 0 saturated carbocycles. The first kappa shape index (κ1) is 16.2. The van der Waals surface area contributed by atoms with Crippen molar-refractivity contribution in [2.45, 2.75) is 44.4 Å². The first-order chi connectivity index (χ1) is 10.9. The van der Waals surface area contributed by atoms with Crippen LogP contribution in [-0.2, 0) is 5.41 Å². The standard InChI is InChI=1S/C18H19ClF2N2/c1-3-4-10-18(17(2,20)21)13-7-5-6-8-15(13)23(19)16-12-22-11-9-14(16)18/h5-9,11-12H,3-4,10H2,1-2H3. The number of para-hydroxylation sites is 1. The number of unbranched alkanes of at least 4 members (excludes halogenated alkanes) is 1. The maximum Gasteiger partial charge on any atom is 0.259 e. The lowest BCUT2D eigenvalue weighted by Gasteiger charge is -2.46. The molecule has 122 valence electrons. The van der Waals surface area contributed by atoms with Gasteiger partial charge in [0.1, 0.15) is 0 Å². The minimum absolute atomic E-state index is 0.367. The minimum Gasteiger partial charge on any atom is -0.262 e. The van der Waals surface area contributed by atoms with E-state index in [1.165, 1.54) is 4.42 Å². The Balaban J connectivity index is 2.36. The molecule has 2 aromatic rings. The summed E-state index contributed by atoms with van der Waals surface area (Å²) in [4.78, 5) is 4.08. The van der Waals surface area contributed by atoms with Crippen LogP contribution < -0.4 is 4.42 Å². The Bertz CT molecular complexity index is 665. The third-order valence-corrected chi connectivity index (χ3v) is 5.07. The van der Waals surface area contributed by atoms with Gasteiger partial charge in [-0.05, 0) is 29.7 Å². The average molecular weight is 337 g/mol. The van der Waals surface area contributed by atoms with E-state index < -0.39 is 11.3 Å². The van der Waals surface area contributed by atoms with Crippen LogP contribution in [0.2, 0.25) is 0 Å². The van der Waals surface area contributed by atoms with Crippen LogP contribution in [0.5, 0.6) is 0 Å². The van der Waals surface area contributed by atoms with Gasteiger partial charge in [-0.15, -0.1) is 0 Å². The molecule has 0 N–H and O–H groups in total. The summed E-state index contributed by atoms with van der Waals surface area (Å²) in [5.74, 6) is -2.92. The summed E-state index contributed by atoms with van der Waals surface area (Å²) in [6, 6.07) is 8.83. The SMILES string of the molecule is CCCCC1(C(C)(F)F)c2ccccc2N(Cl)c2cnccc21. The first-order valence-corrected chi connectivity index (χ1v) is 8.15. The lowest BCUT2D eigenvalue weighted by Crippen LogP contribution is -2.47. The molecule has 1 atom stereocenters. The van der Waals surface area contributed by atoms with Crippen molar-refractivity contribution in [2.75, 3.05) is 4.42 Å². The highest BCUT2D eigenvalue weighted by Crippen LogP contribution is 2.58. The molecule has 0 spiro atoms. The highest BCUT2D eigenvalue weighted by atomic mass is 35.5. The Morgan fingerprint density at radius 2 is 1.87 bits per heavy atom. The van der Waals surface area contributed by atoms with Gasteiger partial charge in [-0.1, -0.05) is 38.0 Å². The molecule has 1 aromatic carbocycles. The van der Waals surface area contributed by atoms with Gasteiger partial charge < -0.3 is 0 Å². The van der Waals surface area contributed by atoms with E-state index >= 15 is 0 Å². The highest BCUT2D eigenvalue weighted by Gasteiger charge is 2.56. The molecule has 1 aromatic heterocycles. The first-order valence-electron chi connectivity index (χ1n) is 7.81. The van der Waals surface area contributed by atoms with Crippen LogP contribution in [0, 0.1) is 0 Å². The summed E-state index contributed by atoms with van der Waals surface area (Å²) < 4.78 is 31.4. The number of benzene rings is 1. The third kappa shape index (κ3) is 2.31. The normalized spacial score (nSPS) is 20.1. The van der Waals surface area contributed by atoms with Crippen LogP contribution in [0.25, 0.3) is 0 Å². The van der Waals surface area contributed by atoms with Crippen molar-refractivity contribution in [3.63, 3.8) is 0 Å². The zero-order chi connectivity index (χ0) is 16.7. The Morgan fingerprint density at radius 1 is 1.17 bits per heavy atom. The quantitative estimate of drug-likeness (QED) is 0.654. The van der Waals surface area contributed by atoms with E-state index in [0.717, 1.165) is 13.3 Å². The summed E-state index contributed by atoms with van der Waals surface area (Å²) in [7, 11) is 0. The van der Waals surface area contributed by atoms with Crippen molar-refractivity contribution in [1.29, 1.82) is 0 Å². The second kappa shape index (κ2) is 5.75. The van der Waals surface area contributed by atoms with Crippen molar-refractivity contribution in [3.05, 3.63) is 53.9 Å². The molecule has 1 aliphatic heterocycles. The number of halogens is 3. The molecule has 2 heterocycles. The molecule has 0 bridgehead atoms. The van der Waals surface area contributed by atoms with Gasteiger partial charge in [0.25, 0.3) is 5.92 Å².